The van der Waals surface area contributed by atoms with E-state index >= 15 is 0 Å². The van der Waals surface area contributed by atoms with Gasteiger partial charge in [-0.2, -0.15) is 0 Å². The van der Waals surface area contributed by atoms with E-state index in [9.17, 15) is 4.79 Å². The predicted molar refractivity (Wildman–Crippen MR) is 103 cm³/mol. The molecule has 2 aliphatic heterocycles. The zero-order chi connectivity index (χ0) is 17.6. The van der Waals surface area contributed by atoms with Crippen LogP contribution in [0.1, 0.15) is 32.3 Å². The number of nitrogens with zero attached hydrogens (tertiary/aromatic N) is 3. The lowest BCUT2D eigenvalue weighted by Gasteiger charge is -2.37. The van der Waals surface area contributed by atoms with E-state index in [0.717, 1.165) is 58.0 Å². The SMILES string of the molecule is CC(C)CCN1CCN(C2CCN(CCc3ccccc3)C2=O)CC1. The summed E-state index contributed by atoms with van der Waals surface area (Å²) in [6.45, 7) is 11.9. The highest BCUT2D eigenvalue weighted by Crippen LogP contribution is 2.20. The molecule has 4 nitrogen and oxygen atoms in total. The van der Waals surface area contributed by atoms with Crippen LogP contribution < -0.4 is 0 Å². The number of amides is 1. The van der Waals surface area contributed by atoms with E-state index in [1.807, 2.05) is 6.07 Å². The summed E-state index contributed by atoms with van der Waals surface area (Å²) in [5, 5.41) is 0. The van der Waals surface area contributed by atoms with Crippen molar-refractivity contribution in [2.45, 2.75) is 39.2 Å². The maximum absolute atomic E-state index is 12.8. The summed E-state index contributed by atoms with van der Waals surface area (Å²) in [7, 11) is 0. The Labute approximate surface area is 152 Å². The van der Waals surface area contributed by atoms with Crippen LogP contribution in [0.15, 0.2) is 30.3 Å². The van der Waals surface area contributed by atoms with Crippen molar-refractivity contribution in [3.63, 3.8) is 0 Å². The Balaban J connectivity index is 1.43. The number of likely N-dealkylation sites (tertiary alicyclic amines) is 1. The number of rotatable bonds is 7. The second kappa shape index (κ2) is 8.81. The van der Waals surface area contributed by atoms with Crippen LogP contribution in [0.3, 0.4) is 0 Å². The zero-order valence-corrected chi connectivity index (χ0v) is 15.9. The molecule has 0 radical (unpaired) electrons. The Morgan fingerprint density at radius 1 is 1.00 bits per heavy atom. The number of benzene rings is 1. The van der Waals surface area contributed by atoms with Gasteiger partial charge in [0.2, 0.25) is 5.91 Å². The third kappa shape index (κ3) is 5.05. The summed E-state index contributed by atoms with van der Waals surface area (Å²) in [4.78, 5) is 19.9. The van der Waals surface area contributed by atoms with Gasteiger partial charge in [0.1, 0.15) is 0 Å². The van der Waals surface area contributed by atoms with Crippen molar-refractivity contribution in [1.29, 1.82) is 0 Å². The van der Waals surface area contributed by atoms with Crippen molar-refractivity contribution in [1.82, 2.24) is 14.7 Å². The summed E-state index contributed by atoms with van der Waals surface area (Å²) in [6.07, 6.45) is 3.23. The van der Waals surface area contributed by atoms with E-state index in [2.05, 4.69) is 52.8 Å². The number of piperazine rings is 1. The summed E-state index contributed by atoms with van der Waals surface area (Å²) >= 11 is 0. The van der Waals surface area contributed by atoms with Gasteiger partial charge in [-0.3, -0.25) is 9.69 Å². The molecule has 0 spiro atoms. The van der Waals surface area contributed by atoms with Crippen LogP contribution >= 0.6 is 0 Å². The first-order valence-electron chi connectivity index (χ1n) is 9.92. The van der Waals surface area contributed by atoms with Crippen molar-refractivity contribution in [3.8, 4) is 0 Å². The predicted octanol–water partition coefficient (Wildman–Crippen LogP) is 2.49. The highest BCUT2D eigenvalue weighted by Gasteiger charge is 2.36. The molecule has 1 unspecified atom stereocenters. The lowest BCUT2D eigenvalue weighted by Crippen LogP contribution is -2.52. The fourth-order valence-corrected chi connectivity index (χ4v) is 3.93. The molecule has 4 heteroatoms. The quantitative estimate of drug-likeness (QED) is 0.761. The Morgan fingerprint density at radius 3 is 2.40 bits per heavy atom. The van der Waals surface area contributed by atoms with Crippen molar-refractivity contribution < 1.29 is 4.79 Å². The summed E-state index contributed by atoms with van der Waals surface area (Å²) in [5.41, 5.74) is 1.32. The van der Waals surface area contributed by atoms with Crippen LogP contribution in [0.4, 0.5) is 0 Å². The van der Waals surface area contributed by atoms with Gasteiger partial charge >= 0.3 is 0 Å². The van der Waals surface area contributed by atoms with Gasteiger partial charge in [0, 0.05) is 39.3 Å². The molecule has 3 rings (SSSR count). The second-order valence-electron chi connectivity index (χ2n) is 7.93. The number of carbonyl (C=O) groups excluding carboxylic acids is 1. The smallest absolute Gasteiger partial charge is 0.240 e. The van der Waals surface area contributed by atoms with Gasteiger partial charge in [-0.15, -0.1) is 0 Å². The fraction of sp³-hybridized carbons (Fsp3) is 0.667. The van der Waals surface area contributed by atoms with Gasteiger partial charge in [0.15, 0.2) is 0 Å². The molecule has 0 N–H and O–H groups in total. The number of hydrogen-bond donors (Lipinski definition) is 0. The normalized spacial score (nSPS) is 22.9. The molecular formula is C21H33N3O. The van der Waals surface area contributed by atoms with E-state index in [0.29, 0.717) is 5.91 Å². The highest BCUT2D eigenvalue weighted by atomic mass is 16.2. The van der Waals surface area contributed by atoms with Gasteiger partial charge in [-0.05, 0) is 37.3 Å². The molecule has 0 aliphatic carbocycles. The first kappa shape index (κ1) is 18.4. The van der Waals surface area contributed by atoms with Crippen molar-refractivity contribution in [3.05, 3.63) is 35.9 Å². The van der Waals surface area contributed by atoms with E-state index < -0.39 is 0 Å². The lowest BCUT2D eigenvalue weighted by atomic mass is 10.1. The monoisotopic (exact) mass is 343 g/mol. The molecule has 1 aromatic carbocycles. The van der Waals surface area contributed by atoms with Crippen LogP contribution in [0.25, 0.3) is 0 Å². The Bertz CT molecular complexity index is 537. The fourth-order valence-electron chi connectivity index (χ4n) is 3.93. The summed E-state index contributed by atoms with van der Waals surface area (Å²) < 4.78 is 0. The van der Waals surface area contributed by atoms with Crippen LogP contribution in [0, 0.1) is 5.92 Å². The molecule has 2 fully saturated rings. The maximum Gasteiger partial charge on any atom is 0.240 e. The van der Waals surface area contributed by atoms with E-state index in [-0.39, 0.29) is 6.04 Å². The molecule has 0 aromatic heterocycles. The van der Waals surface area contributed by atoms with Crippen LogP contribution in [0.5, 0.6) is 0 Å². The highest BCUT2D eigenvalue weighted by molar-refractivity contribution is 5.84. The molecule has 0 bridgehead atoms. The van der Waals surface area contributed by atoms with Gasteiger partial charge in [0.05, 0.1) is 6.04 Å². The minimum atomic E-state index is 0.128. The van der Waals surface area contributed by atoms with Crippen molar-refractivity contribution >= 4 is 5.91 Å². The molecule has 1 amide bonds. The maximum atomic E-state index is 12.8. The summed E-state index contributed by atoms with van der Waals surface area (Å²) in [5.74, 6) is 1.12. The topological polar surface area (TPSA) is 26.8 Å². The molecule has 2 heterocycles. The Morgan fingerprint density at radius 2 is 1.72 bits per heavy atom. The molecule has 2 saturated heterocycles. The van der Waals surface area contributed by atoms with Crippen molar-refractivity contribution in [2.24, 2.45) is 5.92 Å². The average molecular weight is 344 g/mol. The van der Waals surface area contributed by atoms with Crippen LogP contribution in [-0.2, 0) is 11.2 Å². The van der Waals surface area contributed by atoms with Gasteiger partial charge in [-0.1, -0.05) is 44.2 Å². The Kier molecular flexibility index (Phi) is 6.49. The average Bonchev–Trinajstić information content (AvgIpc) is 3.00. The first-order valence-corrected chi connectivity index (χ1v) is 9.92. The molecule has 25 heavy (non-hydrogen) atoms. The molecular weight excluding hydrogens is 310 g/mol. The van der Waals surface area contributed by atoms with Gasteiger partial charge in [-0.25, -0.2) is 0 Å². The third-order valence-electron chi connectivity index (χ3n) is 5.65. The van der Waals surface area contributed by atoms with Crippen molar-refractivity contribution in [2.75, 3.05) is 45.8 Å². The number of hydrogen-bond acceptors (Lipinski definition) is 3. The van der Waals surface area contributed by atoms with E-state index in [1.165, 1.54) is 18.5 Å². The third-order valence-corrected chi connectivity index (χ3v) is 5.65. The minimum absolute atomic E-state index is 0.128. The lowest BCUT2D eigenvalue weighted by molar-refractivity contribution is -0.132. The molecule has 2 aliphatic rings. The first-order chi connectivity index (χ1) is 12.1. The molecule has 138 valence electrons. The molecule has 0 saturated carbocycles. The van der Waals surface area contributed by atoms with Crippen LogP contribution in [-0.4, -0.2) is 72.5 Å². The Hall–Kier alpha value is -1.39. The number of carbonyl (C=O) groups is 1. The summed E-state index contributed by atoms with van der Waals surface area (Å²) in [6, 6.07) is 10.6. The molecule has 1 aromatic rings. The van der Waals surface area contributed by atoms with E-state index in [1.54, 1.807) is 0 Å². The van der Waals surface area contributed by atoms with Gasteiger partial charge < -0.3 is 9.80 Å². The second-order valence-corrected chi connectivity index (χ2v) is 7.93. The van der Waals surface area contributed by atoms with Gasteiger partial charge in [0.25, 0.3) is 0 Å². The molecule has 1 atom stereocenters. The standard InChI is InChI=1S/C21H33N3O/c1-18(2)8-11-22-14-16-23(17-15-22)20-10-13-24(21(20)25)12-9-19-6-4-3-5-7-19/h3-7,18,20H,8-17H2,1-2H3. The largest absolute Gasteiger partial charge is 0.341 e. The van der Waals surface area contributed by atoms with Crippen LogP contribution in [0.2, 0.25) is 0 Å². The minimum Gasteiger partial charge on any atom is -0.341 e. The van der Waals surface area contributed by atoms with E-state index in [4.69, 9.17) is 0 Å². The zero-order valence-electron chi connectivity index (χ0n) is 15.9.